The van der Waals surface area contributed by atoms with E-state index in [0.717, 1.165) is 5.92 Å². The van der Waals surface area contributed by atoms with Gasteiger partial charge in [0.1, 0.15) is 0 Å². The van der Waals surface area contributed by atoms with Gasteiger partial charge >= 0.3 is 0 Å². The molecular weight excluding hydrogens is 146 g/mol. The van der Waals surface area contributed by atoms with Crippen LogP contribution in [-0.2, 0) is 0 Å². The lowest BCUT2D eigenvalue weighted by atomic mass is 9.97. The summed E-state index contributed by atoms with van der Waals surface area (Å²) in [6.07, 6.45) is 8.92. The fourth-order valence-corrected chi connectivity index (χ4v) is 1.90. The molecule has 0 aromatic carbocycles. The molecule has 1 saturated heterocycles. The molecule has 1 atom stereocenters. The van der Waals surface area contributed by atoms with E-state index in [0.29, 0.717) is 0 Å². The predicted octanol–water partition coefficient (Wildman–Crippen LogP) is 2.68. The zero-order valence-electron chi connectivity index (χ0n) is 8.26. The van der Waals surface area contributed by atoms with Crippen LogP contribution in [0.3, 0.4) is 0 Å². The predicted molar refractivity (Wildman–Crippen MR) is 54.3 cm³/mol. The van der Waals surface area contributed by atoms with E-state index >= 15 is 0 Å². The number of rotatable bonds is 1. The summed E-state index contributed by atoms with van der Waals surface area (Å²) in [5.74, 6) is 0.788. The van der Waals surface area contributed by atoms with Crippen LogP contribution in [-0.4, -0.2) is 25.0 Å². The fraction of sp³-hybridized carbons (Fsp3) is 0.818. The van der Waals surface area contributed by atoms with Gasteiger partial charge < -0.3 is 4.90 Å². The van der Waals surface area contributed by atoms with Gasteiger partial charge in [0.05, 0.1) is 0 Å². The summed E-state index contributed by atoms with van der Waals surface area (Å²) in [7, 11) is 2.23. The van der Waals surface area contributed by atoms with Crippen LogP contribution < -0.4 is 0 Å². The minimum absolute atomic E-state index is 0.788. The summed E-state index contributed by atoms with van der Waals surface area (Å²) in [4.78, 5) is 2.45. The van der Waals surface area contributed by atoms with E-state index in [1.807, 2.05) is 0 Å². The Balaban J connectivity index is 2.31. The zero-order valence-corrected chi connectivity index (χ0v) is 8.26. The van der Waals surface area contributed by atoms with Crippen molar-refractivity contribution in [3.8, 4) is 0 Å². The number of hydrogen-bond acceptors (Lipinski definition) is 1. The van der Waals surface area contributed by atoms with Gasteiger partial charge in [0.2, 0.25) is 0 Å². The highest BCUT2D eigenvalue weighted by Crippen LogP contribution is 2.18. The molecule has 70 valence electrons. The molecular formula is C11H21N. The summed E-state index contributed by atoms with van der Waals surface area (Å²) in [6, 6.07) is 0. The minimum atomic E-state index is 0.788. The van der Waals surface area contributed by atoms with Crippen molar-refractivity contribution in [3.05, 3.63) is 12.7 Å². The summed E-state index contributed by atoms with van der Waals surface area (Å²) >= 11 is 0. The van der Waals surface area contributed by atoms with E-state index in [9.17, 15) is 0 Å². The Morgan fingerprint density at radius 3 is 2.58 bits per heavy atom. The second-order valence-electron chi connectivity index (χ2n) is 3.94. The lowest BCUT2D eigenvalue weighted by molar-refractivity contribution is 0.326. The van der Waals surface area contributed by atoms with Crippen LogP contribution in [0.4, 0.5) is 0 Å². The summed E-state index contributed by atoms with van der Waals surface area (Å²) < 4.78 is 0. The van der Waals surface area contributed by atoms with Crippen LogP contribution >= 0.6 is 0 Å². The average Bonchev–Trinajstić information content (AvgIpc) is 2.17. The van der Waals surface area contributed by atoms with Crippen LogP contribution in [0.1, 0.15) is 32.1 Å². The molecule has 0 aromatic heterocycles. The molecule has 1 aliphatic heterocycles. The van der Waals surface area contributed by atoms with Crippen LogP contribution in [0.2, 0.25) is 0 Å². The SMILES string of the molecule is C=CC1CCCCN(C)CCC1. The van der Waals surface area contributed by atoms with Crippen LogP contribution in [0.5, 0.6) is 0 Å². The quantitative estimate of drug-likeness (QED) is 0.543. The first-order valence-electron chi connectivity index (χ1n) is 5.14. The molecule has 1 heteroatoms. The summed E-state index contributed by atoms with van der Waals surface area (Å²) in [6.45, 7) is 6.44. The molecule has 0 aliphatic carbocycles. The Kier molecular flexibility index (Phi) is 4.37. The molecule has 1 heterocycles. The van der Waals surface area contributed by atoms with E-state index in [1.165, 1.54) is 45.2 Å². The maximum absolute atomic E-state index is 3.89. The average molecular weight is 167 g/mol. The maximum atomic E-state index is 3.89. The number of allylic oxidation sites excluding steroid dienone is 1. The Morgan fingerprint density at radius 2 is 1.83 bits per heavy atom. The van der Waals surface area contributed by atoms with Gasteiger partial charge in [0.15, 0.2) is 0 Å². The largest absolute Gasteiger partial charge is 0.306 e. The van der Waals surface area contributed by atoms with Crippen molar-refractivity contribution in [2.24, 2.45) is 5.92 Å². The van der Waals surface area contributed by atoms with Gasteiger partial charge in [-0.25, -0.2) is 0 Å². The molecule has 1 nitrogen and oxygen atoms in total. The Morgan fingerprint density at radius 1 is 1.17 bits per heavy atom. The van der Waals surface area contributed by atoms with Gasteiger partial charge in [-0.3, -0.25) is 0 Å². The van der Waals surface area contributed by atoms with E-state index in [-0.39, 0.29) is 0 Å². The second-order valence-corrected chi connectivity index (χ2v) is 3.94. The van der Waals surface area contributed by atoms with Gasteiger partial charge in [-0.1, -0.05) is 12.5 Å². The molecule has 1 fully saturated rings. The van der Waals surface area contributed by atoms with E-state index < -0.39 is 0 Å². The van der Waals surface area contributed by atoms with Crippen LogP contribution in [0.15, 0.2) is 12.7 Å². The highest BCUT2D eigenvalue weighted by molar-refractivity contribution is 4.79. The van der Waals surface area contributed by atoms with Crippen molar-refractivity contribution in [1.29, 1.82) is 0 Å². The highest BCUT2D eigenvalue weighted by atomic mass is 15.1. The Hall–Kier alpha value is -0.300. The van der Waals surface area contributed by atoms with Crippen molar-refractivity contribution < 1.29 is 0 Å². The van der Waals surface area contributed by atoms with Crippen molar-refractivity contribution in [1.82, 2.24) is 4.90 Å². The van der Waals surface area contributed by atoms with Gasteiger partial charge in [0.25, 0.3) is 0 Å². The molecule has 1 rings (SSSR count). The molecule has 1 unspecified atom stereocenters. The number of nitrogens with zero attached hydrogens (tertiary/aromatic N) is 1. The maximum Gasteiger partial charge on any atom is -0.00216 e. The smallest absolute Gasteiger partial charge is 0.00216 e. The molecule has 0 spiro atoms. The van der Waals surface area contributed by atoms with Gasteiger partial charge in [-0.2, -0.15) is 0 Å². The van der Waals surface area contributed by atoms with Gasteiger partial charge in [-0.15, -0.1) is 6.58 Å². The van der Waals surface area contributed by atoms with Crippen molar-refractivity contribution in [2.45, 2.75) is 32.1 Å². The molecule has 0 radical (unpaired) electrons. The van der Waals surface area contributed by atoms with E-state index in [1.54, 1.807) is 0 Å². The van der Waals surface area contributed by atoms with Crippen molar-refractivity contribution in [3.63, 3.8) is 0 Å². The summed E-state index contributed by atoms with van der Waals surface area (Å²) in [5, 5.41) is 0. The number of hydrogen-bond donors (Lipinski definition) is 0. The van der Waals surface area contributed by atoms with Crippen molar-refractivity contribution in [2.75, 3.05) is 20.1 Å². The van der Waals surface area contributed by atoms with Crippen LogP contribution in [0.25, 0.3) is 0 Å². The molecule has 0 saturated carbocycles. The van der Waals surface area contributed by atoms with E-state index in [4.69, 9.17) is 0 Å². The summed E-state index contributed by atoms with van der Waals surface area (Å²) in [5.41, 5.74) is 0. The molecule has 0 aromatic rings. The first-order chi connectivity index (χ1) is 5.83. The highest BCUT2D eigenvalue weighted by Gasteiger charge is 2.08. The van der Waals surface area contributed by atoms with Gasteiger partial charge in [-0.05, 0) is 51.7 Å². The topological polar surface area (TPSA) is 3.24 Å². The molecule has 0 N–H and O–H groups in total. The monoisotopic (exact) mass is 167 g/mol. The normalized spacial score (nSPS) is 28.6. The minimum Gasteiger partial charge on any atom is -0.306 e. The zero-order chi connectivity index (χ0) is 8.81. The second kappa shape index (κ2) is 5.36. The Bertz CT molecular complexity index is 131. The first-order valence-corrected chi connectivity index (χ1v) is 5.14. The third-order valence-corrected chi connectivity index (χ3v) is 2.81. The first kappa shape index (κ1) is 9.79. The fourth-order valence-electron chi connectivity index (χ4n) is 1.90. The van der Waals surface area contributed by atoms with Crippen molar-refractivity contribution >= 4 is 0 Å². The Labute approximate surface area is 76.5 Å². The van der Waals surface area contributed by atoms with Crippen LogP contribution in [0, 0.1) is 5.92 Å². The lowest BCUT2D eigenvalue weighted by Crippen LogP contribution is -2.20. The molecule has 0 amide bonds. The molecule has 12 heavy (non-hydrogen) atoms. The standard InChI is InChI=1S/C11H21N/c1-3-11-7-4-5-9-12(2)10-6-8-11/h3,11H,1,4-10H2,2H3. The molecule has 1 aliphatic rings. The van der Waals surface area contributed by atoms with Gasteiger partial charge in [0, 0.05) is 0 Å². The van der Waals surface area contributed by atoms with E-state index in [2.05, 4.69) is 24.6 Å². The third-order valence-electron chi connectivity index (χ3n) is 2.81. The lowest BCUT2D eigenvalue weighted by Gasteiger charge is -2.14. The molecule has 0 bridgehead atoms. The third kappa shape index (κ3) is 3.40.